The zero-order valence-corrected chi connectivity index (χ0v) is 10.0. The highest BCUT2D eigenvalue weighted by molar-refractivity contribution is 5.88. The molecule has 0 atom stereocenters. The molecule has 0 unspecified atom stereocenters. The Bertz CT molecular complexity index is 300. The fourth-order valence-electron chi connectivity index (χ4n) is 1.24. The number of amides is 3. The van der Waals surface area contributed by atoms with E-state index in [0.29, 0.717) is 12.5 Å². The molecular formula is C11H19N3O3. The van der Waals surface area contributed by atoms with Crippen LogP contribution in [0.4, 0.5) is 0 Å². The molecule has 1 rings (SSSR count). The summed E-state index contributed by atoms with van der Waals surface area (Å²) in [5.41, 5.74) is 0. The zero-order chi connectivity index (χ0) is 12.7. The standard InChI is InChI=1S/C11H19N3O3/c1-2-3-9(15)12-6-10(16)13-7-11(17)14-8-4-5-8/h8H,2-7H2,1H3,(H,12,15)(H,13,16)(H,14,17). The van der Waals surface area contributed by atoms with E-state index in [9.17, 15) is 14.4 Å². The molecule has 0 saturated heterocycles. The average Bonchev–Trinajstić information content (AvgIpc) is 3.08. The number of rotatable bonds is 7. The maximum absolute atomic E-state index is 11.3. The van der Waals surface area contributed by atoms with Crippen molar-refractivity contribution in [2.75, 3.05) is 13.1 Å². The molecule has 0 heterocycles. The van der Waals surface area contributed by atoms with Crippen LogP contribution in [0, 0.1) is 0 Å². The minimum atomic E-state index is -0.347. The predicted molar refractivity (Wildman–Crippen MR) is 62.1 cm³/mol. The van der Waals surface area contributed by atoms with Crippen molar-refractivity contribution in [1.29, 1.82) is 0 Å². The van der Waals surface area contributed by atoms with E-state index < -0.39 is 0 Å². The topological polar surface area (TPSA) is 87.3 Å². The fourth-order valence-corrected chi connectivity index (χ4v) is 1.24. The van der Waals surface area contributed by atoms with Crippen LogP contribution in [0.2, 0.25) is 0 Å². The SMILES string of the molecule is CCCC(=O)NCC(=O)NCC(=O)NC1CC1. The quantitative estimate of drug-likeness (QED) is 0.550. The first-order valence-corrected chi connectivity index (χ1v) is 5.94. The first kappa shape index (κ1) is 13.5. The molecule has 3 amide bonds. The summed E-state index contributed by atoms with van der Waals surface area (Å²) in [6.07, 6.45) is 3.20. The van der Waals surface area contributed by atoms with E-state index >= 15 is 0 Å². The second-order valence-electron chi connectivity index (χ2n) is 4.15. The van der Waals surface area contributed by atoms with Crippen LogP contribution in [-0.2, 0) is 14.4 Å². The lowest BCUT2D eigenvalue weighted by molar-refractivity contribution is -0.127. The van der Waals surface area contributed by atoms with Crippen LogP contribution >= 0.6 is 0 Å². The van der Waals surface area contributed by atoms with Gasteiger partial charge in [0, 0.05) is 12.5 Å². The van der Waals surface area contributed by atoms with Crippen LogP contribution in [0.3, 0.4) is 0 Å². The van der Waals surface area contributed by atoms with Crippen molar-refractivity contribution < 1.29 is 14.4 Å². The van der Waals surface area contributed by atoms with Crippen molar-refractivity contribution >= 4 is 17.7 Å². The van der Waals surface area contributed by atoms with Gasteiger partial charge in [-0.15, -0.1) is 0 Å². The summed E-state index contributed by atoms with van der Waals surface area (Å²) in [6, 6.07) is 0.295. The lowest BCUT2D eigenvalue weighted by Crippen LogP contribution is -2.42. The van der Waals surface area contributed by atoms with Gasteiger partial charge in [0.2, 0.25) is 17.7 Å². The highest BCUT2D eigenvalue weighted by Crippen LogP contribution is 2.17. The summed E-state index contributed by atoms with van der Waals surface area (Å²) >= 11 is 0. The highest BCUT2D eigenvalue weighted by Gasteiger charge is 2.23. The van der Waals surface area contributed by atoms with Gasteiger partial charge in [0.15, 0.2) is 0 Å². The minimum Gasteiger partial charge on any atom is -0.352 e. The Hall–Kier alpha value is -1.59. The minimum absolute atomic E-state index is 0.0288. The molecule has 0 aromatic carbocycles. The summed E-state index contributed by atoms with van der Waals surface area (Å²) in [4.78, 5) is 33.5. The zero-order valence-electron chi connectivity index (χ0n) is 10.0. The Labute approximate surface area is 101 Å². The van der Waals surface area contributed by atoms with Crippen LogP contribution in [-0.4, -0.2) is 36.9 Å². The van der Waals surface area contributed by atoms with E-state index in [2.05, 4.69) is 16.0 Å². The van der Waals surface area contributed by atoms with Gasteiger partial charge >= 0.3 is 0 Å². The van der Waals surface area contributed by atoms with E-state index in [-0.39, 0.29) is 30.8 Å². The molecule has 1 aliphatic rings. The van der Waals surface area contributed by atoms with Crippen molar-refractivity contribution in [1.82, 2.24) is 16.0 Å². The fraction of sp³-hybridized carbons (Fsp3) is 0.727. The third-order valence-corrected chi connectivity index (χ3v) is 2.31. The van der Waals surface area contributed by atoms with Gasteiger partial charge in [-0.3, -0.25) is 14.4 Å². The van der Waals surface area contributed by atoms with Crippen LogP contribution in [0.25, 0.3) is 0 Å². The van der Waals surface area contributed by atoms with E-state index in [4.69, 9.17) is 0 Å². The second kappa shape index (κ2) is 6.88. The molecule has 3 N–H and O–H groups in total. The smallest absolute Gasteiger partial charge is 0.239 e. The molecular weight excluding hydrogens is 222 g/mol. The number of carbonyl (C=O) groups excluding carboxylic acids is 3. The molecule has 0 spiro atoms. The monoisotopic (exact) mass is 241 g/mol. The van der Waals surface area contributed by atoms with Crippen LogP contribution < -0.4 is 16.0 Å². The van der Waals surface area contributed by atoms with E-state index in [1.807, 2.05) is 6.92 Å². The lowest BCUT2D eigenvalue weighted by atomic mass is 10.3. The number of hydrogen-bond donors (Lipinski definition) is 3. The van der Waals surface area contributed by atoms with E-state index in [0.717, 1.165) is 19.3 Å². The Morgan fingerprint density at radius 3 is 2.18 bits per heavy atom. The number of hydrogen-bond acceptors (Lipinski definition) is 3. The third-order valence-electron chi connectivity index (χ3n) is 2.31. The van der Waals surface area contributed by atoms with Crippen molar-refractivity contribution in [3.63, 3.8) is 0 Å². The van der Waals surface area contributed by atoms with Gasteiger partial charge in [-0.05, 0) is 19.3 Å². The highest BCUT2D eigenvalue weighted by atomic mass is 16.2. The average molecular weight is 241 g/mol. The normalized spacial score (nSPS) is 13.9. The first-order chi connectivity index (χ1) is 8.11. The van der Waals surface area contributed by atoms with Crippen molar-refractivity contribution in [2.24, 2.45) is 0 Å². The summed E-state index contributed by atoms with van der Waals surface area (Å²) in [7, 11) is 0. The molecule has 0 radical (unpaired) electrons. The third kappa shape index (κ3) is 6.55. The molecule has 6 nitrogen and oxygen atoms in total. The lowest BCUT2D eigenvalue weighted by Gasteiger charge is -2.06. The van der Waals surface area contributed by atoms with Crippen molar-refractivity contribution in [2.45, 2.75) is 38.6 Å². The Kier molecular flexibility index (Phi) is 5.45. The van der Waals surface area contributed by atoms with Gasteiger partial charge in [-0.1, -0.05) is 6.92 Å². The summed E-state index contributed by atoms with van der Waals surface area (Å²) in [6.45, 7) is 1.79. The summed E-state index contributed by atoms with van der Waals surface area (Å²) in [5.74, 6) is -0.675. The van der Waals surface area contributed by atoms with Crippen LogP contribution in [0.5, 0.6) is 0 Å². The van der Waals surface area contributed by atoms with Gasteiger partial charge < -0.3 is 16.0 Å². The van der Waals surface area contributed by atoms with Crippen LogP contribution in [0.1, 0.15) is 32.6 Å². The molecule has 1 saturated carbocycles. The molecule has 0 aromatic heterocycles. The second-order valence-corrected chi connectivity index (χ2v) is 4.15. The van der Waals surface area contributed by atoms with Gasteiger partial charge in [-0.2, -0.15) is 0 Å². The molecule has 96 valence electrons. The van der Waals surface area contributed by atoms with E-state index in [1.165, 1.54) is 0 Å². The van der Waals surface area contributed by atoms with Crippen molar-refractivity contribution in [3.05, 3.63) is 0 Å². The molecule has 0 aliphatic heterocycles. The number of carbonyl (C=O) groups is 3. The van der Waals surface area contributed by atoms with Crippen molar-refractivity contribution in [3.8, 4) is 0 Å². The Balaban J connectivity index is 2.03. The first-order valence-electron chi connectivity index (χ1n) is 5.94. The molecule has 1 aliphatic carbocycles. The molecule has 0 bridgehead atoms. The number of nitrogens with one attached hydrogen (secondary N) is 3. The summed E-state index contributed by atoms with van der Waals surface area (Å²) < 4.78 is 0. The molecule has 6 heteroatoms. The Morgan fingerprint density at radius 1 is 1.00 bits per heavy atom. The maximum Gasteiger partial charge on any atom is 0.239 e. The van der Waals surface area contributed by atoms with Gasteiger partial charge in [-0.25, -0.2) is 0 Å². The van der Waals surface area contributed by atoms with E-state index in [1.54, 1.807) is 0 Å². The van der Waals surface area contributed by atoms with Gasteiger partial charge in [0.05, 0.1) is 13.1 Å². The van der Waals surface area contributed by atoms with Gasteiger partial charge in [0.1, 0.15) is 0 Å². The maximum atomic E-state index is 11.3. The Morgan fingerprint density at radius 2 is 1.59 bits per heavy atom. The van der Waals surface area contributed by atoms with Crippen LogP contribution in [0.15, 0.2) is 0 Å². The summed E-state index contributed by atoms with van der Waals surface area (Å²) in [5, 5.41) is 7.68. The predicted octanol–water partition coefficient (Wildman–Crippen LogP) is -0.702. The largest absolute Gasteiger partial charge is 0.352 e. The molecule has 0 aromatic rings. The molecule has 1 fully saturated rings. The van der Waals surface area contributed by atoms with Gasteiger partial charge in [0.25, 0.3) is 0 Å². The molecule has 17 heavy (non-hydrogen) atoms.